The normalized spacial score (nSPS) is 15.3. The van der Waals surface area contributed by atoms with E-state index in [1.165, 1.54) is 16.7 Å². The molecule has 0 bridgehead atoms. The molecule has 0 radical (unpaired) electrons. The van der Waals surface area contributed by atoms with Gasteiger partial charge in [0.05, 0.1) is 6.33 Å². The van der Waals surface area contributed by atoms with Crippen LogP contribution in [0.1, 0.15) is 57.0 Å². The summed E-state index contributed by atoms with van der Waals surface area (Å²) in [5.74, 6) is 1.55. The van der Waals surface area contributed by atoms with E-state index < -0.39 is 0 Å². The first-order valence-electron chi connectivity index (χ1n) is 12.3. The summed E-state index contributed by atoms with van der Waals surface area (Å²) >= 11 is 0. The average molecular weight is 456 g/mol. The standard InChI is InChI=1S/C28H33N5O/c1-20(2)33-19-30-25-26(31-24(32-27(25)33)16-28(18-34)14-6-7-15-28)29-17-21-10-12-23(13-11-21)22-8-4-3-5-9-22/h3-5,8-13,19-20,34H,6-7,14-18H2,1-2H3,(H,29,31,32). The Hall–Kier alpha value is -3.25. The zero-order valence-electron chi connectivity index (χ0n) is 20.0. The Morgan fingerprint density at radius 3 is 2.35 bits per heavy atom. The highest BCUT2D eigenvalue weighted by atomic mass is 16.3. The fourth-order valence-corrected chi connectivity index (χ4v) is 5.02. The summed E-state index contributed by atoms with van der Waals surface area (Å²) in [4.78, 5) is 14.5. The Morgan fingerprint density at radius 2 is 1.68 bits per heavy atom. The van der Waals surface area contributed by atoms with Crippen molar-refractivity contribution in [3.8, 4) is 11.1 Å². The Kier molecular flexibility index (Phi) is 6.33. The molecule has 0 atom stereocenters. The molecular formula is C28H33N5O. The lowest BCUT2D eigenvalue weighted by atomic mass is 9.83. The molecule has 5 rings (SSSR count). The first-order chi connectivity index (χ1) is 16.6. The van der Waals surface area contributed by atoms with Crippen LogP contribution in [0, 0.1) is 5.41 Å². The summed E-state index contributed by atoms with van der Waals surface area (Å²) in [6.45, 7) is 5.11. The first-order valence-corrected chi connectivity index (χ1v) is 12.3. The van der Waals surface area contributed by atoms with Crippen molar-refractivity contribution in [2.45, 2.75) is 58.5 Å². The van der Waals surface area contributed by atoms with Gasteiger partial charge in [-0.25, -0.2) is 15.0 Å². The van der Waals surface area contributed by atoms with Gasteiger partial charge in [0.1, 0.15) is 11.3 Å². The van der Waals surface area contributed by atoms with Crippen LogP contribution in [0.25, 0.3) is 22.3 Å². The summed E-state index contributed by atoms with van der Waals surface area (Å²) < 4.78 is 2.10. The van der Waals surface area contributed by atoms with E-state index in [-0.39, 0.29) is 18.1 Å². The number of hydrogen-bond acceptors (Lipinski definition) is 5. The predicted octanol–water partition coefficient (Wildman–Crippen LogP) is 5.78. The Morgan fingerprint density at radius 1 is 0.971 bits per heavy atom. The smallest absolute Gasteiger partial charge is 0.166 e. The van der Waals surface area contributed by atoms with E-state index in [1.54, 1.807) is 0 Å². The molecule has 0 aliphatic heterocycles. The van der Waals surface area contributed by atoms with Gasteiger partial charge in [-0.3, -0.25) is 0 Å². The number of aromatic nitrogens is 4. The molecule has 6 heteroatoms. The molecule has 34 heavy (non-hydrogen) atoms. The molecule has 2 N–H and O–H groups in total. The maximum absolute atomic E-state index is 10.1. The van der Waals surface area contributed by atoms with Crippen LogP contribution >= 0.6 is 0 Å². The topological polar surface area (TPSA) is 75.9 Å². The maximum Gasteiger partial charge on any atom is 0.166 e. The number of fused-ring (bicyclic) bond motifs is 1. The van der Waals surface area contributed by atoms with E-state index in [2.05, 4.69) is 77.2 Å². The number of nitrogens with zero attached hydrogens (tertiary/aromatic N) is 4. The molecule has 1 aliphatic rings. The number of benzene rings is 2. The monoisotopic (exact) mass is 455 g/mol. The highest BCUT2D eigenvalue weighted by molar-refractivity contribution is 5.83. The Bertz CT molecular complexity index is 1240. The molecule has 2 heterocycles. The van der Waals surface area contributed by atoms with Crippen LogP contribution in [0.5, 0.6) is 0 Å². The largest absolute Gasteiger partial charge is 0.396 e. The number of hydrogen-bond donors (Lipinski definition) is 2. The Labute approximate surface area is 201 Å². The van der Waals surface area contributed by atoms with Crippen molar-refractivity contribution >= 4 is 17.0 Å². The second kappa shape index (κ2) is 9.55. The minimum Gasteiger partial charge on any atom is -0.396 e. The molecule has 6 nitrogen and oxygen atoms in total. The van der Waals surface area contributed by atoms with E-state index in [0.717, 1.165) is 48.5 Å². The lowest BCUT2D eigenvalue weighted by Gasteiger charge is -2.25. The summed E-state index contributed by atoms with van der Waals surface area (Å²) in [6, 6.07) is 19.3. The molecule has 4 aromatic rings. The summed E-state index contributed by atoms with van der Waals surface area (Å²) in [5.41, 5.74) is 5.15. The van der Waals surface area contributed by atoms with Crippen molar-refractivity contribution in [2.24, 2.45) is 5.41 Å². The minimum atomic E-state index is -0.0963. The summed E-state index contributed by atoms with van der Waals surface area (Å²) in [7, 11) is 0. The molecule has 0 unspecified atom stereocenters. The fraction of sp³-hybridized carbons (Fsp3) is 0.393. The molecular weight excluding hydrogens is 422 g/mol. The van der Waals surface area contributed by atoms with Crippen LogP contribution in [-0.4, -0.2) is 31.2 Å². The zero-order valence-corrected chi connectivity index (χ0v) is 20.0. The molecule has 0 spiro atoms. The van der Waals surface area contributed by atoms with Gasteiger partial charge < -0.3 is 15.0 Å². The van der Waals surface area contributed by atoms with Gasteiger partial charge >= 0.3 is 0 Å². The van der Waals surface area contributed by atoms with E-state index >= 15 is 0 Å². The highest BCUT2D eigenvalue weighted by Crippen LogP contribution is 2.40. The summed E-state index contributed by atoms with van der Waals surface area (Å²) in [6.07, 6.45) is 6.94. The number of imidazole rings is 1. The van der Waals surface area contributed by atoms with Crippen LogP contribution in [0.2, 0.25) is 0 Å². The molecule has 0 saturated heterocycles. The van der Waals surface area contributed by atoms with Crippen molar-refractivity contribution in [3.63, 3.8) is 0 Å². The molecule has 1 aliphatic carbocycles. The van der Waals surface area contributed by atoms with Crippen LogP contribution in [0.4, 0.5) is 5.82 Å². The number of aliphatic hydroxyl groups is 1. The van der Waals surface area contributed by atoms with Gasteiger partial charge in [0.25, 0.3) is 0 Å². The quantitative estimate of drug-likeness (QED) is 0.352. The van der Waals surface area contributed by atoms with Gasteiger partial charge in [0.2, 0.25) is 0 Å². The van der Waals surface area contributed by atoms with Crippen LogP contribution in [0.3, 0.4) is 0 Å². The molecule has 2 aromatic heterocycles. The van der Waals surface area contributed by atoms with E-state index in [4.69, 9.17) is 9.97 Å². The molecule has 1 saturated carbocycles. The average Bonchev–Trinajstić information content (AvgIpc) is 3.51. The minimum absolute atomic E-state index is 0.0963. The van der Waals surface area contributed by atoms with Crippen molar-refractivity contribution in [2.75, 3.05) is 11.9 Å². The molecule has 2 aromatic carbocycles. The Balaban J connectivity index is 1.41. The fourth-order valence-electron chi connectivity index (χ4n) is 5.02. The third-order valence-electron chi connectivity index (χ3n) is 7.08. The van der Waals surface area contributed by atoms with E-state index in [0.29, 0.717) is 13.0 Å². The lowest BCUT2D eigenvalue weighted by molar-refractivity contribution is 0.128. The van der Waals surface area contributed by atoms with E-state index in [9.17, 15) is 5.11 Å². The van der Waals surface area contributed by atoms with Crippen molar-refractivity contribution in [1.82, 2.24) is 19.5 Å². The van der Waals surface area contributed by atoms with Gasteiger partial charge in [-0.2, -0.15) is 0 Å². The van der Waals surface area contributed by atoms with Gasteiger partial charge in [0, 0.05) is 31.0 Å². The van der Waals surface area contributed by atoms with Gasteiger partial charge in [0.15, 0.2) is 11.5 Å². The van der Waals surface area contributed by atoms with Crippen LogP contribution < -0.4 is 5.32 Å². The molecule has 176 valence electrons. The maximum atomic E-state index is 10.1. The van der Waals surface area contributed by atoms with E-state index in [1.807, 2.05) is 12.4 Å². The number of rotatable bonds is 8. The third kappa shape index (κ3) is 4.55. The molecule has 0 amide bonds. The lowest BCUT2D eigenvalue weighted by Crippen LogP contribution is -2.25. The van der Waals surface area contributed by atoms with Gasteiger partial charge in [-0.15, -0.1) is 0 Å². The van der Waals surface area contributed by atoms with Crippen LogP contribution in [-0.2, 0) is 13.0 Å². The second-order valence-electron chi connectivity index (χ2n) is 9.86. The number of nitrogens with one attached hydrogen (secondary N) is 1. The number of anilines is 1. The SMILES string of the molecule is CC(C)n1cnc2c(NCc3ccc(-c4ccccc4)cc3)nc(CC3(CO)CCCC3)nc21. The van der Waals surface area contributed by atoms with Gasteiger partial charge in [-0.1, -0.05) is 67.4 Å². The van der Waals surface area contributed by atoms with Crippen molar-refractivity contribution < 1.29 is 5.11 Å². The van der Waals surface area contributed by atoms with Crippen LogP contribution in [0.15, 0.2) is 60.9 Å². The second-order valence-corrected chi connectivity index (χ2v) is 9.86. The van der Waals surface area contributed by atoms with Crippen molar-refractivity contribution in [3.05, 3.63) is 72.3 Å². The predicted molar refractivity (Wildman–Crippen MR) is 137 cm³/mol. The van der Waals surface area contributed by atoms with Crippen molar-refractivity contribution in [1.29, 1.82) is 0 Å². The molecule has 1 fully saturated rings. The zero-order chi connectivity index (χ0) is 23.5. The highest BCUT2D eigenvalue weighted by Gasteiger charge is 2.34. The van der Waals surface area contributed by atoms with Gasteiger partial charge in [-0.05, 0) is 43.4 Å². The first kappa shape index (κ1) is 22.5. The third-order valence-corrected chi connectivity index (χ3v) is 7.08. The number of aliphatic hydroxyl groups excluding tert-OH is 1. The summed E-state index contributed by atoms with van der Waals surface area (Å²) in [5, 5.41) is 13.7.